The Labute approximate surface area is 187 Å². The van der Waals surface area contributed by atoms with Crippen molar-refractivity contribution in [1.82, 2.24) is 10.6 Å². The average Bonchev–Trinajstić information content (AvgIpc) is 2.72. The van der Waals surface area contributed by atoms with Gasteiger partial charge in [0.05, 0.1) is 11.2 Å². The van der Waals surface area contributed by atoms with Crippen molar-refractivity contribution in [3.05, 3.63) is 65.7 Å². The number of carbonyl (C=O) groups is 2. The van der Waals surface area contributed by atoms with Crippen LogP contribution in [0.2, 0.25) is 0 Å². The Morgan fingerprint density at radius 1 is 0.969 bits per heavy atom. The molecule has 0 saturated carbocycles. The third kappa shape index (κ3) is 7.89. The minimum Gasteiger partial charge on any atom is -0.426 e. The van der Waals surface area contributed by atoms with Crippen LogP contribution in [0.4, 0.5) is 0 Å². The SMILES string of the molecule is CC(C)C[C@H](NC(=O)[C@H](Cc1ccccc1)NC(=O)c1ccc(P(=O)(O)O)cc1)B(O)O. The topological polar surface area (TPSA) is 156 Å². The third-order valence-electron chi connectivity index (χ3n) is 4.78. The van der Waals surface area contributed by atoms with Crippen molar-refractivity contribution in [1.29, 1.82) is 0 Å². The van der Waals surface area contributed by atoms with Crippen molar-refractivity contribution in [2.75, 3.05) is 0 Å². The van der Waals surface area contributed by atoms with E-state index in [2.05, 4.69) is 10.6 Å². The number of hydrogen-bond acceptors (Lipinski definition) is 5. The molecule has 2 aromatic rings. The predicted molar refractivity (Wildman–Crippen MR) is 121 cm³/mol. The lowest BCUT2D eigenvalue weighted by Gasteiger charge is -2.24. The summed E-state index contributed by atoms with van der Waals surface area (Å²) in [5.41, 5.74) is 0.906. The highest BCUT2D eigenvalue weighted by Crippen LogP contribution is 2.32. The van der Waals surface area contributed by atoms with E-state index in [9.17, 15) is 34.0 Å². The van der Waals surface area contributed by atoms with Gasteiger partial charge in [0.15, 0.2) is 0 Å². The number of nitrogens with one attached hydrogen (secondary N) is 2. The van der Waals surface area contributed by atoms with Crippen LogP contribution in [0.25, 0.3) is 0 Å². The van der Waals surface area contributed by atoms with Gasteiger partial charge in [0.1, 0.15) is 6.04 Å². The fourth-order valence-corrected chi connectivity index (χ4v) is 3.69. The van der Waals surface area contributed by atoms with Gasteiger partial charge in [0, 0.05) is 12.0 Å². The Morgan fingerprint density at radius 3 is 2.06 bits per heavy atom. The maximum absolute atomic E-state index is 12.9. The molecule has 0 saturated heterocycles. The third-order valence-corrected chi connectivity index (χ3v) is 5.75. The van der Waals surface area contributed by atoms with E-state index in [0.29, 0.717) is 6.42 Å². The zero-order valence-corrected chi connectivity index (χ0v) is 18.8. The molecule has 11 heteroatoms. The Hall–Kier alpha value is -2.49. The maximum Gasteiger partial charge on any atom is 0.475 e. The van der Waals surface area contributed by atoms with Crippen molar-refractivity contribution >= 4 is 31.8 Å². The molecule has 0 spiro atoms. The molecule has 0 radical (unpaired) electrons. The van der Waals surface area contributed by atoms with E-state index < -0.39 is 38.5 Å². The number of hydrogen-bond donors (Lipinski definition) is 6. The van der Waals surface area contributed by atoms with Crippen molar-refractivity contribution in [3.8, 4) is 0 Å². The molecule has 0 fully saturated rings. The highest BCUT2D eigenvalue weighted by molar-refractivity contribution is 7.60. The summed E-state index contributed by atoms with van der Waals surface area (Å²) in [7, 11) is -6.19. The predicted octanol–water partition coefficient (Wildman–Crippen LogP) is 0.374. The molecule has 2 rings (SSSR count). The zero-order valence-electron chi connectivity index (χ0n) is 17.9. The summed E-state index contributed by atoms with van der Waals surface area (Å²) in [5.74, 6) is -1.99. The Morgan fingerprint density at radius 2 is 1.56 bits per heavy atom. The molecular weight excluding hydrogens is 434 g/mol. The lowest BCUT2D eigenvalue weighted by atomic mass is 9.75. The fourth-order valence-electron chi connectivity index (χ4n) is 3.15. The summed E-state index contributed by atoms with van der Waals surface area (Å²) in [6.07, 6.45) is 0.494. The van der Waals surface area contributed by atoms with Gasteiger partial charge >= 0.3 is 14.7 Å². The second-order valence-electron chi connectivity index (χ2n) is 7.96. The molecule has 0 aliphatic carbocycles. The van der Waals surface area contributed by atoms with Crippen LogP contribution in [0.1, 0.15) is 36.2 Å². The summed E-state index contributed by atoms with van der Waals surface area (Å²) < 4.78 is 11.3. The van der Waals surface area contributed by atoms with E-state index in [0.717, 1.165) is 17.7 Å². The summed E-state index contributed by atoms with van der Waals surface area (Å²) in [6.45, 7) is 3.76. The largest absolute Gasteiger partial charge is 0.475 e. The Kier molecular flexibility index (Phi) is 9.18. The Bertz CT molecular complexity index is 948. The molecule has 0 aliphatic rings. The van der Waals surface area contributed by atoms with Gasteiger partial charge in [-0.1, -0.05) is 44.2 Å². The lowest BCUT2D eigenvalue weighted by Crippen LogP contribution is -2.55. The second-order valence-corrected chi connectivity index (χ2v) is 9.57. The zero-order chi connectivity index (χ0) is 23.9. The number of amides is 2. The van der Waals surface area contributed by atoms with E-state index in [4.69, 9.17) is 0 Å². The quantitative estimate of drug-likeness (QED) is 0.220. The first-order valence-electron chi connectivity index (χ1n) is 10.1. The van der Waals surface area contributed by atoms with Crippen molar-refractivity contribution in [2.45, 2.75) is 38.7 Å². The van der Waals surface area contributed by atoms with Gasteiger partial charge in [-0.25, -0.2) is 0 Å². The van der Waals surface area contributed by atoms with Crippen LogP contribution < -0.4 is 15.9 Å². The summed E-state index contributed by atoms with van der Waals surface area (Å²) >= 11 is 0. The van der Waals surface area contributed by atoms with Gasteiger partial charge in [-0.2, -0.15) is 0 Å². The summed E-state index contributed by atoms with van der Waals surface area (Å²) in [4.78, 5) is 44.1. The fraction of sp³-hybridized carbons (Fsp3) is 0.333. The van der Waals surface area contributed by atoms with Crippen LogP contribution >= 0.6 is 7.60 Å². The highest BCUT2D eigenvalue weighted by Gasteiger charge is 2.30. The molecule has 0 aromatic heterocycles. The second kappa shape index (κ2) is 11.4. The first-order chi connectivity index (χ1) is 15.0. The van der Waals surface area contributed by atoms with Crippen LogP contribution in [0.15, 0.2) is 54.6 Å². The smallest absolute Gasteiger partial charge is 0.426 e. The van der Waals surface area contributed by atoms with Crippen LogP contribution in [0.3, 0.4) is 0 Å². The van der Waals surface area contributed by atoms with E-state index in [1.165, 1.54) is 12.1 Å². The average molecular weight is 462 g/mol. The number of carbonyl (C=O) groups excluding carboxylic acids is 2. The highest BCUT2D eigenvalue weighted by atomic mass is 31.2. The van der Waals surface area contributed by atoms with Crippen molar-refractivity contribution in [2.24, 2.45) is 5.92 Å². The molecule has 6 N–H and O–H groups in total. The molecule has 0 aliphatic heterocycles. The summed E-state index contributed by atoms with van der Waals surface area (Å²) in [5, 5.41) is 24.3. The first-order valence-corrected chi connectivity index (χ1v) is 11.8. The Balaban J connectivity index is 2.21. The first kappa shape index (κ1) is 25.8. The minimum atomic E-state index is -4.44. The van der Waals surface area contributed by atoms with Crippen LogP contribution in [0.5, 0.6) is 0 Å². The van der Waals surface area contributed by atoms with Crippen LogP contribution in [-0.2, 0) is 15.8 Å². The number of benzene rings is 2. The van der Waals surface area contributed by atoms with Crippen molar-refractivity contribution < 1.29 is 34.0 Å². The molecular formula is C21H28BN2O7P. The van der Waals surface area contributed by atoms with Gasteiger partial charge < -0.3 is 30.5 Å². The molecule has 2 aromatic carbocycles. The maximum atomic E-state index is 12.9. The van der Waals surface area contributed by atoms with Gasteiger partial charge in [-0.3, -0.25) is 14.2 Å². The minimum absolute atomic E-state index is 0.0943. The molecule has 0 bridgehead atoms. The van der Waals surface area contributed by atoms with Crippen molar-refractivity contribution in [3.63, 3.8) is 0 Å². The molecule has 9 nitrogen and oxygen atoms in total. The molecule has 32 heavy (non-hydrogen) atoms. The van der Waals surface area contributed by atoms with E-state index in [-0.39, 0.29) is 23.2 Å². The number of rotatable bonds is 10. The standard InChI is InChI=1S/C21H28BN2O7P/c1-14(2)12-19(22(27)28)24-21(26)18(13-15-6-4-3-5-7-15)23-20(25)16-8-10-17(11-9-16)32(29,30)31/h3-11,14,18-19,27-28H,12-13H2,1-2H3,(H,23,25)(H,24,26)(H2,29,30,31)/t18-,19-/m0/s1. The molecule has 2 amide bonds. The van der Waals surface area contributed by atoms with E-state index >= 15 is 0 Å². The molecule has 172 valence electrons. The van der Waals surface area contributed by atoms with Gasteiger partial charge in [-0.05, 0) is 42.2 Å². The van der Waals surface area contributed by atoms with Gasteiger partial charge in [-0.15, -0.1) is 0 Å². The monoisotopic (exact) mass is 462 g/mol. The van der Waals surface area contributed by atoms with E-state index in [1.54, 1.807) is 24.3 Å². The normalized spacial score (nSPS) is 13.3. The van der Waals surface area contributed by atoms with Crippen LogP contribution in [-0.4, -0.2) is 50.8 Å². The van der Waals surface area contributed by atoms with E-state index in [1.807, 2.05) is 19.9 Å². The molecule has 0 unspecified atom stereocenters. The molecule has 2 atom stereocenters. The lowest BCUT2D eigenvalue weighted by molar-refractivity contribution is -0.123. The summed E-state index contributed by atoms with van der Waals surface area (Å²) in [6, 6.07) is 12.8. The van der Waals surface area contributed by atoms with Gasteiger partial charge in [0.25, 0.3) is 5.91 Å². The van der Waals surface area contributed by atoms with Crippen LogP contribution in [0, 0.1) is 5.92 Å². The van der Waals surface area contributed by atoms with Gasteiger partial charge in [0.2, 0.25) is 5.91 Å². The molecule has 0 heterocycles.